The number of amides is 1. The van der Waals surface area contributed by atoms with Gasteiger partial charge in [0.1, 0.15) is 5.60 Å². The molecule has 0 aromatic heterocycles. The molecule has 2 saturated heterocycles. The molecule has 2 unspecified atom stereocenters. The third-order valence-electron chi connectivity index (χ3n) is 4.32. The summed E-state index contributed by atoms with van der Waals surface area (Å²) in [5.41, 5.74) is 4.43. The van der Waals surface area contributed by atoms with E-state index in [-0.39, 0.29) is 6.09 Å². The second-order valence-electron chi connectivity index (χ2n) is 7.35. The Morgan fingerprint density at radius 1 is 1.33 bits per heavy atom. The number of carbonyl (C=O) groups excluding carboxylic acids is 1. The predicted molar refractivity (Wildman–Crippen MR) is 85.5 cm³/mol. The molecule has 0 aromatic rings. The molecule has 0 saturated carbocycles. The minimum atomic E-state index is -0.878. The van der Waals surface area contributed by atoms with Crippen molar-refractivity contribution in [1.82, 2.24) is 4.90 Å². The summed E-state index contributed by atoms with van der Waals surface area (Å²) in [4.78, 5) is 13.9. The van der Waals surface area contributed by atoms with Crippen LogP contribution >= 0.6 is 11.8 Å². The van der Waals surface area contributed by atoms with E-state index in [0.717, 1.165) is 31.4 Å². The largest absolute Gasteiger partial charge is 0.444 e. The smallest absolute Gasteiger partial charge is 0.410 e. The van der Waals surface area contributed by atoms with Crippen molar-refractivity contribution in [2.75, 3.05) is 24.6 Å². The van der Waals surface area contributed by atoms with Crippen LogP contribution in [0.4, 0.5) is 4.79 Å². The van der Waals surface area contributed by atoms with Crippen LogP contribution in [0.3, 0.4) is 0 Å². The molecule has 6 heteroatoms. The first kappa shape index (κ1) is 16.9. The van der Waals surface area contributed by atoms with Crippen molar-refractivity contribution in [3.63, 3.8) is 0 Å². The molecule has 0 aromatic carbocycles. The maximum atomic E-state index is 12.2. The zero-order valence-electron chi connectivity index (χ0n) is 13.4. The molecular formula is C15H28N2O3S. The lowest BCUT2D eigenvalue weighted by atomic mass is 9.73. The van der Waals surface area contributed by atoms with Crippen LogP contribution in [-0.2, 0) is 4.74 Å². The number of thioether (sulfide) groups is 1. The Morgan fingerprint density at radius 3 is 2.62 bits per heavy atom. The summed E-state index contributed by atoms with van der Waals surface area (Å²) < 4.78 is 5.44. The number of nitrogens with zero attached hydrogens (tertiary/aromatic N) is 1. The van der Waals surface area contributed by atoms with E-state index in [4.69, 9.17) is 10.5 Å². The summed E-state index contributed by atoms with van der Waals surface area (Å²) in [7, 11) is 0. The van der Waals surface area contributed by atoms with Gasteiger partial charge in [-0.1, -0.05) is 0 Å². The van der Waals surface area contributed by atoms with Crippen molar-refractivity contribution < 1.29 is 14.6 Å². The molecule has 2 rings (SSSR count). The van der Waals surface area contributed by atoms with Crippen LogP contribution in [0.15, 0.2) is 0 Å². The molecule has 5 nitrogen and oxygen atoms in total. The van der Waals surface area contributed by atoms with Gasteiger partial charge < -0.3 is 20.5 Å². The van der Waals surface area contributed by atoms with E-state index in [1.165, 1.54) is 0 Å². The van der Waals surface area contributed by atoms with E-state index in [9.17, 15) is 9.90 Å². The zero-order valence-corrected chi connectivity index (χ0v) is 14.2. The van der Waals surface area contributed by atoms with Gasteiger partial charge in [0.15, 0.2) is 0 Å². The third kappa shape index (κ3) is 3.85. The Labute approximate surface area is 131 Å². The highest BCUT2D eigenvalue weighted by Gasteiger charge is 2.51. The Balaban J connectivity index is 2.07. The molecule has 0 radical (unpaired) electrons. The Morgan fingerprint density at radius 2 is 2.05 bits per heavy atom. The quantitative estimate of drug-likeness (QED) is 0.773. The minimum Gasteiger partial charge on any atom is -0.444 e. The summed E-state index contributed by atoms with van der Waals surface area (Å²) in [5.74, 6) is 1.74. The highest BCUT2D eigenvalue weighted by molar-refractivity contribution is 7.99. The van der Waals surface area contributed by atoms with Crippen LogP contribution in [0.5, 0.6) is 0 Å². The van der Waals surface area contributed by atoms with Crippen molar-refractivity contribution in [3.05, 3.63) is 0 Å². The molecule has 1 amide bonds. The summed E-state index contributed by atoms with van der Waals surface area (Å²) in [5, 5.41) is 11.0. The maximum absolute atomic E-state index is 12.2. The molecule has 21 heavy (non-hydrogen) atoms. The number of hydrogen-bond donors (Lipinski definition) is 2. The summed E-state index contributed by atoms with van der Waals surface area (Å²) in [6.07, 6.45) is 2.93. The summed E-state index contributed by atoms with van der Waals surface area (Å²) >= 11 is 1.75. The average molecular weight is 316 g/mol. The zero-order chi connectivity index (χ0) is 15.7. The predicted octanol–water partition coefficient (Wildman–Crippen LogP) is 1.97. The first-order chi connectivity index (χ1) is 9.65. The van der Waals surface area contributed by atoms with Crippen LogP contribution in [0.2, 0.25) is 0 Å². The molecule has 0 bridgehead atoms. The summed E-state index contributed by atoms with van der Waals surface area (Å²) in [6, 6.07) is 0. The Kier molecular flexibility index (Phi) is 4.81. The number of aliphatic hydroxyl groups is 1. The van der Waals surface area contributed by atoms with Crippen LogP contribution in [0.25, 0.3) is 0 Å². The van der Waals surface area contributed by atoms with Gasteiger partial charge in [-0.05, 0) is 52.2 Å². The minimum absolute atomic E-state index is 0.330. The van der Waals surface area contributed by atoms with Crippen LogP contribution in [-0.4, -0.2) is 57.4 Å². The van der Waals surface area contributed by atoms with E-state index in [1.54, 1.807) is 16.7 Å². The fraction of sp³-hybridized carbons (Fsp3) is 0.933. The molecule has 2 aliphatic heterocycles. The highest BCUT2D eigenvalue weighted by Crippen LogP contribution is 2.39. The second kappa shape index (κ2) is 5.97. The fourth-order valence-corrected chi connectivity index (χ4v) is 4.38. The van der Waals surface area contributed by atoms with Crippen LogP contribution in [0.1, 0.15) is 46.5 Å². The molecular weight excluding hydrogens is 288 g/mol. The normalized spacial score (nSPS) is 34.6. The van der Waals surface area contributed by atoms with Crippen molar-refractivity contribution in [1.29, 1.82) is 0 Å². The molecule has 2 heterocycles. The lowest BCUT2D eigenvalue weighted by Crippen LogP contribution is -2.70. The van der Waals surface area contributed by atoms with Crippen molar-refractivity contribution in [2.45, 2.75) is 63.2 Å². The number of ether oxygens (including phenoxy) is 1. The summed E-state index contributed by atoms with van der Waals surface area (Å²) in [6.45, 7) is 6.59. The number of likely N-dealkylation sites (tertiary alicyclic amines) is 1. The van der Waals surface area contributed by atoms with Gasteiger partial charge in [-0.3, -0.25) is 0 Å². The number of nitrogens with two attached hydrogens (primary N) is 1. The van der Waals surface area contributed by atoms with Gasteiger partial charge in [0.25, 0.3) is 0 Å². The highest BCUT2D eigenvalue weighted by atomic mass is 32.2. The van der Waals surface area contributed by atoms with Gasteiger partial charge >= 0.3 is 6.09 Å². The second-order valence-corrected chi connectivity index (χ2v) is 8.45. The van der Waals surface area contributed by atoms with Crippen LogP contribution in [0, 0.1) is 0 Å². The van der Waals surface area contributed by atoms with Gasteiger partial charge in [-0.25, -0.2) is 4.79 Å². The van der Waals surface area contributed by atoms with E-state index in [0.29, 0.717) is 18.8 Å². The number of rotatable bonds is 1. The van der Waals surface area contributed by atoms with Gasteiger partial charge in [-0.2, -0.15) is 11.8 Å². The number of piperidine rings is 1. The lowest BCUT2D eigenvalue weighted by molar-refractivity contribution is -0.0596. The van der Waals surface area contributed by atoms with Crippen molar-refractivity contribution in [3.8, 4) is 0 Å². The van der Waals surface area contributed by atoms with E-state index >= 15 is 0 Å². The van der Waals surface area contributed by atoms with E-state index in [1.807, 2.05) is 20.8 Å². The monoisotopic (exact) mass is 316 g/mol. The molecule has 3 N–H and O–H groups in total. The Hall–Kier alpha value is -0.460. The van der Waals surface area contributed by atoms with Gasteiger partial charge in [0, 0.05) is 18.8 Å². The standard InChI is InChI=1S/C15H28N2O3S/c1-13(2,3)20-12(18)17-8-4-6-14(16,10-17)15(19)7-5-9-21-11-15/h19H,4-11,16H2,1-3H3. The van der Waals surface area contributed by atoms with Gasteiger partial charge in [0.05, 0.1) is 11.1 Å². The molecule has 0 spiro atoms. The molecule has 122 valence electrons. The fourth-order valence-electron chi connectivity index (χ4n) is 3.12. The molecule has 0 aliphatic carbocycles. The molecule has 2 aliphatic rings. The Bertz CT molecular complexity index is 391. The van der Waals surface area contributed by atoms with Crippen molar-refractivity contribution >= 4 is 17.9 Å². The third-order valence-corrected chi connectivity index (χ3v) is 5.58. The number of carbonyl (C=O) groups is 1. The molecule has 2 fully saturated rings. The van der Waals surface area contributed by atoms with Crippen LogP contribution < -0.4 is 5.73 Å². The van der Waals surface area contributed by atoms with Crippen molar-refractivity contribution in [2.24, 2.45) is 5.73 Å². The average Bonchev–Trinajstić information content (AvgIpc) is 2.37. The first-order valence-electron chi connectivity index (χ1n) is 7.72. The number of hydrogen-bond acceptors (Lipinski definition) is 5. The van der Waals surface area contributed by atoms with Gasteiger partial charge in [0.2, 0.25) is 0 Å². The topological polar surface area (TPSA) is 75.8 Å². The first-order valence-corrected chi connectivity index (χ1v) is 8.88. The van der Waals surface area contributed by atoms with E-state index in [2.05, 4.69) is 0 Å². The SMILES string of the molecule is CC(C)(C)OC(=O)N1CCCC(N)(C2(O)CCCSC2)C1. The lowest BCUT2D eigenvalue weighted by Gasteiger charge is -2.51. The van der Waals surface area contributed by atoms with Gasteiger partial charge in [-0.15, -0.1) is 0 Å². The maximum Gasteiger partial charge on any atom is 0.410 e. The molecule has 2 atom stereocenters. The van der Waals surface area contributed by atoms with E-state index < -0.39 is 16.7 Å².